The first-order valence-electron chi connectivity index (χ1n) is 11.2. The molecule has 0 saturated heterocycles. The van der Waals surface area contributed by atoms with E-state index < -0.39 is 0 Å². The van der Waals surface area contributed by atoms with Gasteiger partial charge < -0.3 is 15.8 Å². The summed E-state index contributed by atoms with van der Waals surface area (Å²) in [7, 11) is 1.69. The zero-order valence-electron chi connectivity index (χ0n) is 18.8. The third-order valence-electron chi connectivity index (χ3n) is 5.99. The largest absolute Gasteiger partial charge is 0.398 e. The fourth-order valence-corrected chi connectivity index (χ4v) is 4.16. The zero-order valence-corrected chi connectivity index (χ0v) is 18.8. The number of ether oxygens (including phenoxy) is 1. The van der Waals surface area contributed by atoms with E-state index in [2.05, 4.69) is 22.4 Å². The number of nitrogen functional groups attached to an aromatic ring is 1. The van der Waals surface area contributed by atoms with Crippen molar-refractivity contribution < 1.29 is 4.74 Å². The van der Waals surface area contributed by atoms with E-state index in [4.69, 9.17) is 15.5 Å². The molecule has 0 amide bonds. The van der Waals surface area contributed by atoms with Gasteiger partial charge in [-0.05, 0) is 67.7 Å². The molecule has 7 nitrogen and oxygen atoms in total. The molecule has 1 fully saturated rings. The first-order valence-corrected chi connectivity index (χ1v) is 11.2. The third kappa shape index (κ3) is 4.07. The minimum absolute atomic E-state index is 0.213. The van der Waals surface area contributed by atoms with Crippen LogP contribution in [0.4, 0.5) is 11.5 Å². The van der Waals surface area contributed by atoms with E-state index in [1.54, 1.807) is 23.9 Å². The summed E-state index contributed by atoms with van der Waals surface area (Å²) in [4.78, 5) is 22.6. The lowest BCUT2D eigenvalue weighted by Crippen LogP contribution is -2.32. The highest BCUT2D eigenvalue weighted by Gasteiger charge is 2.25. The van der Waals surface area contributed by atoms with Gasteiger partial charge in [-0.2, -0.15) is 0 Å². The number of benzene rings is 2. The highest BCUT2D eigenvalue weighted by atomic mass is 16.5. The van der Waals surface area contributed by atoms with Crippen LogP contribution in [0.5, 0.6) is 0 Å². The number of fused-ring (bicyclic) bond motifs is 1. The molecule has 2 aliphatic rings. The van der Waals surface area contributed by atoms with Crippen LogP contribution < -0.4 is 16.6 Å². The van der Waals surface area contributed by atoms with Gasteiger partial charge in [-0.1, -0.05) is 18.2 Å². The molecule has 2 aromatic carbocycles. The molecule has 0 radical (unpaired) electrons. The molecule has 1 unspecified atom stereocenters. The van der Waals surface area contributed by atoms with Crippen LogP contribution in [0.25, 0.3) is 23.0 Å². The molecule has 5 rings (SSSR count). The van der Waals surface area contributed by atoms with Gasteiger partial charge in [0.05, 0.1) is 5.69 Å². The van der Waals surface area contributed by atoms with Crippen LogP contribution in [0.3, 0.4) is 0 Å². The molecular weight excluding hydrogens is 414 g/mol. The van der Waals surface area contributed by atoms with Crippen molar-refractivity contribution in [3.05, 3.63) is 75.7 Å². The van der Waals surface area contributed by atoms with E-state index in [1.165, 1.54) is 18.4 Å². The summed E-state index contributed by atoms with van der Waals surface area (Å²) in [6.45, 7) is 2.49. The number of nitrogens with two attached hydrogens (primary N) is 1. The second kappa shape index (κ2) is 8.67. The Morgan fingerprint density at radius 1 is 1.24 bits per heavy atom. The van der Waals surface area contributed by atoms with Gasteiger partial charge in [-0.25, -0.2) is 4.98 Å². The fourth-order valence-electron chi connectivity index (χ4n) is 4.16. The van der Waals surface area contributed by atoms with Crippen LogP contribution in [0, 0.1) is 0 Å². The lowest BCUT2D eigenvalue weighted by Gasteiger charge is -2.25. The standard InChI is InChI=1S/C26H27N5O2/c1-3-33-23-13-12-22-25(30-23)31(20-9-6-17(7-10-20)16-4-5-16)26(32)24(29-22)18-8-11-21(27)19(14-18)15-28-2/h6-16,23,30H,3-5,27H2,1-2H3. The zero-order chi connectivity index (χ0) is 22.9. The Morgan fingerprint density at radius 2 is 2.03 bits per heavy atom. The van der Waals surface area contributed by atoms with Gasteiger partial charge in [0.15, 0.2) is 0 Å². The Morgan fingerprint density at radius 3 is 2.73 bits per heavy atom. The van der Waals surface area contributed by atoms with Crippen LogP contribution in [-0.4, -0.2) is 35.6 Å². The predicted molar refractivity (Wildman–Crippen MR) is 133 cm³/mol. The molecule has 0 bridgehead atoms. The molecule has 2 heterocycles. The number of aliphatic imine (C=N–C) groups is 1. The van der Waals surface area contributed by atoms with E-state index in [9.17, 15) is 4.79 Å². The van der Waals surface area contributed by atoms with Crippen LogP contribution in [0.15, 0.2) is 58.3 Å². The molecule has 3 N–H and O–H groups in total. The molecule has 7 heteroatoms. The van der Waals surface area contributed by atoms with E-state index >= 15 is 0 Å². The number of aromatic nitrogens is 2. The smallest absolute Gasteiger partial charge is 0.283 e. The van der Waals surface area contributed by atoms with Gasteiger partial charge >= 0.3 is 0 Å². The lowest BCUT2D eigenvalue weighted by molar-refractivity contribution is 0.115. The molecule has 1 atom stereocenters. The van der Waals surface area contributed by atoms with Gasteiger partial charge in [0.1, 0.15) is 23.4 Å². The minimum atomic E-state index is -0.324. The van der Waals surface area contributed by atoms with E-state index in [1.807, 2.05) is 43.3 Å². The number of rotatable bonds is 6. The molecule has 1 aliphatic heterocycles. The van der Waals surface area contributed by atoms with Gasteiger partial charge in [-0.15, -0.1) is 0 Å². The van der Waals surface area contributed by atoms with Crippen molar-refractivity contribution in [1.82, 2.24) is 9.55 Å². The number of nitrogens with zero attached hydrogens (tertiary/aromatic N) is 3. The Labute approximate surface area is 192 Å². The van der Waals surface area contributed by atoms with E-state index in [0.29, 0.717) is 41.0 Å². The topological polar surface area (TPSA) is 94.5 Å². The lowest BCUT2D eigenvalue weighted by atomic mass is 10.1. The predicted octanol–water partition coefficient (Wildman–Crippen LogP) is 4.21. The monoisotopic (exact) mass is 441 g/mol. The van der Waals surface area contributed by atoms with Crippen molar-refractivity contribution in [3.63, 3.8) is 0 Å². The van der Waals surface area contributed by atoms with Gasteiger partial charge in [0.2, 0.25) is 0 Å². The van der Waals surface area contributed by atoms with E-state index in [-0.39, 0.29) is 11.8 Å². The van der Waals surface area contributed by atoms with E-state index in [0.717, 1.165) is 11.3 Å². The Balaban J connectivity index is 1.69. The summed E-state index contributed by atoms with van der Waals surface area (Å²) < 4.78 is 7.42. The highest BCUT2D eigenvalue weighted by molar-refractivity contribution is 5.89. The molecule has 1 aromatic heterocycles. The summed E-state index contributed by atoms with van der Waals surface area (Å²) in [5.74, 6) is 1.27. The Kier molecular flexibility index (Phi) is 5.56. The summed E-state index contributed by atoms with van der Waals surface area (Å²) in [6.07, 6.45) is 7.63. The van der Waals surface area contributed by atoms with Gasteiger partial charge in [-0.3, -0.25) is 14.4 Å². The van der Waals surface area contributed by atoms with Crippen molar-refractivity contribution >= 4 is 23.8 Å². The molecule has 3 aromatic rings. The second-order valence-corrected chi connectivity index (χ2v) is 8.31. The molecule has 1 saturated carbocycles. The average molecular weight is 442 g/mol. The minimum Gasteiger partial charge on any atom is -0.398 e. The van der Waals surface area contributed by atoms with Crippen LogP contribution >= 0.6 is 0 Å². The number of hydrogen-bond acceptors (Lipinski definition) is 6. The Bertz CT molecular complexity index is 1300. The fraction of sp³-hybridized carbons (Fsp3) is 0.269. The normalized spacial score (nSPS) is 17.2. The first-order chi connectivity index (χ1) is 16.1. The van der Waals surface area contributed by atoms with Crippen molar-refractivity contribution in [2.75, 3.05) is 24.7 Å². The van der Waals surface area contributed by atoms with Crippen LogP contribution in [0.1, 0.15) is 42.5 Å². The SMILES string of the molecule is CCOC1C=Cc2nc(-c3ccc(N)c(C=NC)c3)c(=O)n(-c3ccc(C4CC4)cc3)c2N1. The summed E-state index contributed by atoms with van der Waals surface area (Å²) in [5, 5.41) is 3.33. The third-order valence-corrected chi connectivity index (χ3v) is 5.99. The maximum absolute atomic E-state index is 13.8. The first kappa shape index (κ1) is 21.2. The maximum atomic E-state index is 13.8. The molecule has 168 valence electrons. The molecular formula is C26H27N5O2. The van der Waals surface area contributed by atoms with Crippen molar-refractivity contribution in [3.8, 4) is 16.9 Å². The summed E-state index contributed by atoms with van der Waals surface area (Å²) in [6, 6.07) is 13.7. The maximum Gasteiger partial charge on any atom is 0.283 e. The average Bonchev–Trinajstić information content (AvgIpc) is 3.67. The summed E-state index contributed by atoms with van der Waals surface area (Å²) in [5.41, 5.74) is 11.0. The van der Waals surface area contributed by atoms with Crippen molar-refractivity contribution in [1.29, 1.82) is 0 Å². The molecule has 0 spiro atoms. The van der Waals surface area contributed by atoms with Crippen molar-refractivity contribution in [2.24, 2.45) is 4.99 Å². The highest BCUT2D eigenvalue weighted by Crippen LogP contribution is 2.40. The summed E-state index contributed by atoms with van der Waals surface area (Å²) >= 11 is 0. The quantitative estimate of drug-likeness (QED) is 0.441. The second-order valence-electron chi connectivity index (χ2n) is 8.31. The van der Waals surface area contributed by atoms with Crippen LogP contribution in [-0.2, 0) is 4.74 Å². The molecule has 1 aliphatic carbocycles. The Hall–Kier alpha value is -3.71. The number of anilines is 2. The van der Waals surface area contributed by atoms with Crippen LogP contribution in [0.2, 0.25) is 0 Å². The van der Waals surface area contributed by atoms with Gasteiger partial charge in [0.25, 0.3) is 5.56 Å². The number of nitrogens with one attached hydrogen (secondary N) is 1. The van der Waals surface area contributed by atoms with Gasteiger partial charge in [0, 0.05) is 36.7 Å². The number of hydrogen-bond donors (Lipinski definition) is 2. The molecule has 33 heavy (non-hydrogen) atoms. The van der Waals surface area contributed by atoms with Crippen molar-refractivity contribution in [2.45, 2.75) is 31.9 Å².